The maximum Gasteiger partial charge on any atom is 0.254 e. The molecule has 1 rings (SSSR count). The molecule has 2 atom stereocenters. The van der Waals surface area contributed by atoms with Crippen LogP contribution in [0.25, 0.3) is 0 Å². The topological polar surface area (TPSA) is 59.1 Å². The first-order valence-electron chi connectivity index (χ1n) is 5.22. The van der Waals surface area contributed by atoms with E-state index >= 15 is 0 Å². The van der Waals surface area contributed by atoms with Gasteiger partial charge in [0.05, 0.1) is 10.6 Å². The molecular weight excluding hydrogens is 260 g/mol. The van der Waals surface area contributed by atoms with E-state index in [9.17, 15) is 9.00 Å². The van der Waals surface area contributed by atoms with E-state index in [1.807, 2.05) is 6.92 Å². The number of amides is 1. The number of nitrogens with one attached hydrogen (secondary N) is 1. The lowest BCUT2D eigenvalue weighted by molar-refractivity contribution is 0.0953. The number of rotatable bonds is 5. The molecule has 0 aliphatic carbocycles. The Bertz CT molecular complexity index is 426. The van der Waals surface area contributed by atoms with Gasteiger partial charge in [-0.1, -0.05) is 18.5 Å². The molecular formula is C11H15ClN2O2S. The van der Waals surface area contributed by atoms with Gasteiger partial charge in [0.1, 0.15) is 0 Å². The zero-order valence-corrected chi connectivity index (χ0v) is 11.3. The van der Waals surface area contributed by atoms with Gasteiger partial charge in [0.25, 0.3) is 5.91 Å². The van der Waals surface area contributed by atoms with Crippen LogP contribution in [-0.4, -0.2) is 33.2 Å². The van der Waals surface area contributed by atoms with Crippen LogP contribution in [0.4, 0.5) is 0 Å². The molecule has 1 aromatic rings. The van der Waals surface area contributed by atoms with Crippen LogP contribution in [0.2, 0.25) is 5.02 Å². The van der Waals surface area contributed by atoms with E-state index in [0.29, 0.717) is 23.6 Å². The van der Waals surface area contributed by atoms with Crippen molar-refractivity contribution in [1.29, 1.82) is 0 Å². The second-order valence-corrected chi connectivity index (χ2v) is 5.92. The van der Waals surface area contributed by atoms with Gasteiger partial charge in [-0.15, -0.1) is 0 Å². The normalized spacial score (nSPS) is 14.1. The van der Waals surface area contributed by atoms with Crippen LogP contribution >= 0.6 is 11.6 Å². The third-order valence-corrected chi connectivity index (χ3v) is 4.11. The molecule has 4 nitrogen and oxygen atoms in total. The third kappa shape index (κ3) is 4.44. The average Bonchev–Trinajstić information content (AvgIpc) is 2.29. The molecule has 1 amide bonds. The summed E-state index contributed by atoms with van der Waals surface area (Å²) in [5.41, 5.74) is 0.361. The molecule has 2 unspecified atom stereocenters. The fourth-order valence-electron chi connectivity index (χ4n) is 1.19. The Labute approximate surface area is 108 Å². The van der Waals surface area contributed by atoms with Gasteiger partial charge in [-0.2, -0.15) is 0 Å². The molecule has 0 aliphatic rings. The molecule has 0 saturated carbocycles. The van der Waals surface area contributed by atoms with Crippen LogP contribution in [0, 0.1) is 0 Å². The first-order valence-corrected chi connectivity index (χ1v) is 7.22. The summed E-state index contributed by atoms with van der Waals surface area (Å²) in [6, 6.07) is 1.57. The quantitative estimate of drug-likeness (QED) is 0.888. The standard InChI is InChI=1S/C11H15ClN2O2S/c1-8(17(2)16)3-6-14-11(15)9-7-13-5-4-10(9)12/h4-5,7-8H,3,6H2,1-2H3,(H,14,15). The van der Waals surface area contributed by atoms with Gasteiger partial charge in [-0.05, 0) is 12.5 Å². The van der Waals surface area contributed by atoms with Crippen molar-refractivity contribution in [1.82, 2.24) is 10.3 Å². The first kappa shape index (κ1) is 14.1. The molecule has 0 bridgehead atoms. The molecule has 1 heterocycles. The Morgan fingerprint density at radius 3 is 2.94 bits per heavy atom. The van der Waals surface area contributed by atoms with Gasteiger partial charge < -0.3 is 5.32 Å². The number of carbonyl (C=O) groups excluding carboxylic acids is 1. The van der Waals surface area contributed by atoms with Crippen LogP contribution in [-0.2, 0) is 10.8 Å². The Hall–Kier alpha value is -0.940. The highest BCUT2D eigenvalue weighted by Gasteiger charge is 2.11. The Morgan fingerprint density at radius 1 is 1.65 bits per heavy atom. The molecule has 6 heteroatoms. The fraction of sp³-hybridized carbons (Fsp3) is 0.455. The van der Waals surface area contributed by atoms with Crippen LogP contribution in [0.15, 0.2) is 18.5 Å². The summed E-state index contributed by atoms with van der Waals surface area (Å²) in [5.74, 6) is -0.253. The Morgan fingerprint density at radius 2 is 2.35 bits per heavy atom. The number of hydrogen-bond acceptors (Lipinski definition) is 3. The zero-order valence-electron chi connectivity index (χ0n) is 9.77. The summed E-state index contributed by atoms with van der Waals surface area (Å²) in [6.45, 7) is 2.37. The van der Waals surface area contributed by atoms with Gasteiger partial charge in [-0.25, -0.2) is 0 Å². The minimum absolute atomic E-state index is 0.0691. The monoisotopic (exact) mass is 274 g/mol. The van der Waals surface area contributed by atoms with Gasteiger partial charge in [-0.3, -0.25) is 14.0 Å². The lowest BCUT2D eigenvalue weighted by Crippen LogP contribution is -2.27. The summed E-state index contributed by atoms with van der Waals surface area (Å²) in [7, 11) is -0.864. The van der Waals surface area contributed by atoms with E-state index in [2.05, 4.69) is 10.3 Å². The summed E-state index contributed by atoms with van der Waals surface area (Å²) in [6.07, 6.45) is 5.29. The highest BCUT2D eigenvalue weighted by Crippen LogP contribution is 2.12. The van der Waals surface area contributed by atoms with Crippen molar-refractivity contribution in [2.45, 2.75) is 18.6 Å². The lowest BCUT2D eigenvalue weighted by Gasteiger charge is -2.09. The predicted octanol–water partition coefficient (Wildman–Crippen LogP) is 1.62. The summed E-state index contributed by atoms with van der Waals surface area (Å²) in [5, 5.41) is 3.18. The van der Waals surface area contributed by atoms with Gasteiger partial charge in [0.2, 0.25) is 0 Å². The number of carbonyl (C=O) groups is 1. The van der Waals surface area contributed by atoms with Crippen LogP contribution < -0.4 is 5.32 Å². The van der Waals surface area contributed by atoms with Gasteiger partial charge in [0, 0.05) is 41.2 Å². The smallest absolute Gasteiger partial charge is 0.254 e. The molecule has 94 valence electrons. The number of hydrogen-bond donors (Lipinski definition) is 1. The van der Waals surface area contributed by atoms with E-state index in [1.165, 1.54) is 12.4 Å². The largest absolute Gasteiger partial charge is 0.352 e. The SMILES string of the molecule is CC(CCNC(=O)c1cnccc1Cl)S(C)=O. The maximum atomic E-state index is 11.7. The number of pyridine rings is 1. The highest BCUT2D eigenvalue weighted by atomic mass is 35.5. The van der Waals surface area contributed by atoms with E-state index < -0.39 is 10.8 Å². The van der Waals surface area contributed by atoms with Crippen molar-refractivity contribution in [3.8, 4) is 0 Å². The molecule has 0 spiro atoms. The molecule has 1 aromatic heterocycles. The molecule has 17 heavy (non-hydrogen) atoms. The number of aromatic nitrogens is 1. The van der Waals surface area contributed by atoms with E-state index in [-0.39, 0.29) is 11.2 Å². The fourth-order valence-corrected chi connectivity index (χ4v) is 1.84. The first-order chi connectivity index (χ1) is 8.02. The average molecular weight is 275 g/mol. The molecule has 0 saturated heterocycles. The summed E-state index contributed by atoms with van der Waals surface area (Å²) in [4.78, 5) is 15.5. The van der Waals surface area contributed by atoms with Crippen LogP contribution in [0.3, 0.4) is 0 Å². The molecule has 0 radical (unpaired) electrons. The Kier molecular flexibility index (Phi) is 5.58. The van der Waals surface area contributed by atoms with Gasteiger partial charge in [0.15, 0.2) is 0 Å². The number of nitrogens with zero attached hydrogens (tertiary/aromatic N) is 1. The van der Waals surface area contributed by atoms with E-state index in [0.717, 1.165) is 0 Å². The Balaban J connectivity index is 2.46. The zero-order chi connectivity index (χ0) is 12.8. The minimum Gasteiger partial charge on any atom is -0.352 e. The van der Waals surface area contributed by atoms with Crippen molar-refractivity contribution in [2.24, 2.45) is 0 Å². The minimum atomic E-state index is -0.864. The molecule has 0 aromatic carbocycles. The summed E-state index contributed by atoms with van der Waals surface area (Å²) < 4.78 is 11.1. The third-order valence-electron chi connectivity index (χ3n) is 2.42. The molecule has 0 aliphatic heterocycles. The second kappa shape index (κ2) is 6.71. The van der Waals surface area contributed by atoms with Crippen molar-refractivity contribution >= 4 is 28.3 Å². The number of halogens is 1. The molecule has 0 fully saturated rings. The van der Waals surface area contributed by atoms with Crippen molar-refractivity contribution < 1.29 is 9.00 Å². The summed E-state index contributed by atoms with van der Waals surface area (Å²) >= 11 is 5.86. The van der Waals surface area contributed by atoms with Gasteiger partial charge >= 0.3 is 0 Å². The molecule has 1 N–H and O–H groups in total. The van der Waals surface area contributed by atoms with Crippen LogP contribution in [0.1, 0.15) is 23.7 Å². The van der Waals surface area contributed by atoms with E-state index in [1.54, 1.807) is 12.3 Å². The predicted molar refractivity (Wildman–Crippen MR) is 69.7 cm³/mol. The van der Waals surface area contributed by atoms with Crippen LogP contribution in [0.5, 0.6) is 0 Å². The van der Waals surface area contributed by atoms with Crippen molar-refractivity contribution in [3.05, 3.63) is 29.0 Å². The highest BCUT2D eigenvalue weighted by molar-refractivity contribution is 7.84. The second-order valence-electron chi connectivity index (χ2n) is 3.71. The lowest BCUT2D eigenvalue weighted by atomic mass is 10.2. The van der Waals surface area contributed by atoms with E-state index in [4.69, 9.17) is 11.6 Å². The maximum absolute atomic E-state index is 11.7. The van der Waals surface area contributed by atoms with Crippen molar-refractivity contribution in [3.63, 3.8) is 0 Å². The van der Waals surface area contributed by atoms with Crippen molar-refractivity contribution in [2.75, 3.05) is 12.8 Å².